The summed E-state index contributed by atoms with van der Waals surface area (Å²) in [5, 5.41) is 2.73. The molecule has 242 valence electrons. The van der Waals surface area contributed by atoms with Gasteiger partial charge in [0.1, 0.15) is 24.2 Å². The summed E-state index contributed by atoms with van der Waals surface area (Å²) in [4.78, 5) is 41.2. The fourth-order valence-corrected chi connectivity index (χ4v) is 6.26. The van der Waals surface area contributed by atoms with Crippen molar-refractivity contribution in [1.29, 1.82) is 0 Å². The minimum atomic E-state index is -4.18. The van der Waals surface area contributed by atoms with Crippen LogP contribution >= 0.6 is 7.75 Å². The molecule has 1 aliphatic carbocycles. The number of carbonyl (C=O) groups is 2. The second-order valence-electron chi connectivity index (χ2n) is 11.2. The van der Waals surface area contributed by atoms with Gasteiger partial charge in [-0.3, -0.25) is 18.7 Å². The van der Waals surface area contributed by atoms with Crippen molar-refractivity contribution in [3.63, 3.8) is 0 Å². The number of para-hydroxylation sites is 1. The number of esters is 2. The normalized spacial score (nSPS) is 18.9. The molecule has 44 heavy (non-hydrogen) atoms. The van der Waals surface area contributed by atoms with Crippen LogP contribution in [0.25, 0.3) is 6.20 Å². The number of nitrogen functional groups attached to an aromatic ring is 1. The molecule has 1 fully saturated rings. The van der Waals surface area contributed by atoms with Gasteiger partial charge in [-0.2, -0.15) is 10.1 Å². The molecule has 13 heteroatoms. The van der Waals surface area contributed by atoms with Gasteiger partial charge in [0.25, 0.3) is 0 Å². The number of ether oxygens (including phenoxy) is 2. The zero-order chi connectivity index (χ0) is 32.2. The van der Waals surface area contributed by atoms with Gasteiger partial charge in [0.15, 0.2) is 0 Å². The molecular formula is C31H45N4O8P. The van der Waals surface area contributed by atoms with Gasteiger partial charge < -0.3 is 19.7 Å². The number of aromatic nitrogens is 2. The molecule has 1 aliphatic rings. The molecule has 0 spiro atoms. The van der Waals surface area contributed by atoms with Crippen LogP contribution in [0.1, 0.15) is 72.6 Å². The smallest absolute Gasteiger partial charge is 0.459 e. The van der Waals surface area contributed by atoms with E-state index in [2.05, 4.69) is 23.9 Å². The average Bonchev–Trinajstić information content (AvgIpc) is 3.68. The highest BCUT2D eigenvalue weighted by atomic mass is 31.2. The zero-order valence-corrected chi connectivity index (χ0v) is 26.9. The summed E-state index contributed by atoms with van der Waals surface area (Å²) in [6, 6.07) is 8.92. The Morgan fingerprint density at radius 3 is 2.43 bits per heavy atom. The minimum absolute atomic E-state index is 0.0615. The molecule has 2 unspecified atom stereocenters. The van der Waals surface area contributed by atoms with Crippen LogP contribution in [0, 0.1) is 11.3 Å². The van der Waals surface area contributed by atoms with Crippen molar-refractivity contribution in [3.05, 3.63) is 58.7 Å². The lowest BCUT2D eigenvalue weighted by atomic mass is 9.99. The maximum absolute atomic E-state index is 14.1. The molecule has 0 amide bonds. The third-order valence-corrected chi connectivity index (χ3v) is 8.86. The lowest BCUT2D eigenvalue weighted by molar-refractivity contribution is -0.147. The van der Waals surface area contributed by atoms with Crippen LogP contribution in [0.2, 0.25) is 0 Å². The van der Waals surface area contributed by atoms with E-state index in [-0.39, 0.29) is 49.7 Å². The van der Waals surface area contributed by atoms with Gasteiger partial charge in [-0.05, 0) is 62.3 Å². The van der Waals surface area contributed by atoms with Crippen molar-refractivity contribution in [1.82, 2.24) is 14.6 Å². The summed E-state index contributed by atoms with van der Waals surface area (Å²) in [5.41, 5.74) is 4.87. The molecule has 2 aromatic rings. The number of nitrogens with two attached hydrogens (primary N) is 1. The number of nitrogens with one attached hydrogen (secondary N) is 1. The van der Waals surface area contributed by atoms with E-state index in [0.717, 1.165) is 25.7 Å². The molecule has 3 N–H and O–H groups in total. The second kappa shape index (κ2) is 16.6. The molecule has 12 nitrogen and oxygen atoms in total. The third kappa shape index (κ3) is 10.6. The number of nitrogens with zero attached hydrogens (tertiary/aromatic N) is 2. The fraction of sp³-hybridized carbons (Fsp3) is 0.548. The van der Waals surface area contributed by atoms with Crippen molar-refractivity contribution in [2.24, 2.45) is 11.3 Å². The van der Waals surface area contributed by atoms with Crippen molar-refractivity contribution in [2.75, 3.05) is 25.6 Å². The van der Waals surface area contributed by atoms with Crippen LogP contribution in [0.5, 0.6) is 5.75 Å². The quantitative estimate of drug-likeness (QED) is 0.152. The van der Waals surface area contributed by atoms with Crippen LogP contribution in [-0.2, 0) is 28.2 Å². The van der Waals surface area contributed by atoms with Gasteiger partial charge in [0, 0.05) is 18.8 Å². The van der Waals surface area contributed by atoms with Crippen molar-refractivity contribution in [2.45, 2.75) is 78.7 Å². The lowest BCUT2D eigenvalue weighted by Crippen LogP contribution is -2.36. The van der Waals surface area contributed by atoms with Gasteiger partial charge in [-0.25, -0.2) is 9.36 Å². The first-order valence-electron chi connectivity index (χ1n) is 15.2. The summed E-state index contributed by atoms with van der Waals surface area (Å²) < 4.78 is 38.3. The molecular weight excluding hydrogens is 587 g/mol. The number of hydrogen-bond donors (Lipinski definition) is 2. The Labute approximate surface area is 258 Å². The van der Waals surface area contributed by atoms with Gasteiger partial charge in [-0.15, -0.1) is 0 Å². The average molecular weight is 633 g/mol. The molecule has 0 saturated heterocycles. The highest BCUT2D eigenvalue weighted by Crippen LogP contribution is 2.56. The Balaban J connectivity index is 1.80. The number of benzene rings is 1. The Hall–Kier alpha value is -3.47. The largest absolute Gasteiger partial charge is 0.465 e. The van der Waals surface area contributed by atoms with Crippen LogP contribution in [0.4, 0.5) is 5.82 Å². The van der Waals surface area contributed by atoms with E-state index in [0.29, 0.717) is 18.4 Å². The molecule has 0 radical (unpaired) electrons. The van der Waals surface area contributed by atoms with E-state index in [4.69, 9.17) is 24.3 Å². The topological polar surface area (TPSA) is 161 Å². The van der Waals surface area contributed by atoms with Crippen LogP contribution < -0.4 is 21.0 Å². The number of anilines is 1. The van der Waals surface area contributed by atoms with E-state index in [1.54, 1.807) is 36.5 Å². The number of hydrogen-bond acceptors (Lipinski definition) is 10. The zero-order valence-electron chi connectivity index (χ0n) is 26.0. The Morgan fingerprint density at radius 1 is 1.09 bits per heavy atom. The van der Waals surface area contributed by atoms with E-state index < -0.39 is 30.9 Å². The van der Waals surface area contributed by atoms with Crippen molar-refractivity contribution in [3.8, 4) is 5.75 Å². The summed E-state index contributed by atoms with van der Waals surface area (Å²) in [5.74, 6) is -0.346. The fourth-order valence-electron chi connectivity index (χ4n) is 4.68. The monoisotopic (exact) mass is 632 g/mol. The van der Waals surface area contributed by atoms with Gasteiger partial charge in [0.05, 0.1) is 18.6 Å². The van der Waals surface area contributed by atoms with Gasteiger partial charge >= 0.3 is 25.4 Å². The first-order chi connectivity index (χ1) is 21.0. The maximum Gasteiger partial charge on any atom is 0.459 e. The highest BCUT2D eigenvalue weighted by molar-refractivity contribution is 7.52. The number of rotatable bonds is 19. The SMILES string of the molecule is CCCC(=O)OCC1(CO[P@@](=O)(NC(C)C(=O)OCC(CCC)CCC)Oc2ccccc2)C/C1=C/n1ccc(N)nc1=O. The molecule has 0 bridgehead atoms. The molecule has 1 aromatic heterocycles. The van der Waals surface area contributed by atoms with E-state index in [1.165, 1.54) is 23.8 Å². The van der Waals surface area contributed by atoms with Crippen LogP contribution in [0.3, 0.4) is 0 Å². The summed E-state index contributed by atoms with van der Waals surface area (Å²) in [6.45, 7) is 7.60. The first kappa shape index (κ1) is 35.0. The minimum Gasteiger partial charge on any atom is -0.465 e. The Bertz CT molecular complexity index is 1380. The third-order valence-electron chi connectivity index (χ3n) is 7.24. The number of carbonyl (C=O) groups excluding carboxylic acids is 2. The summed E-state index contributed by atoms with van der Waals surface area (Å²) in [7, 11) is -4.18. The van der Waals surface area contributed by atoms with Crippen molar-refractivity contribution >= 4 is 31.7 Å². The molecule has 3 atom stereocenters. The molecule has 1 heterocycles. The lowest BCUT2D eigenvalue weighted by Gasteiger charge is -2.25. The van der Waals surface area contributed by atoms with Crippen molar-refractivity contribution < 1.29 is 32.7 Å². The van der Waals surface area contributed by atoms with Crippen LogP contribution in [0.15, 0.2) is 53.0 Å². The highest BCUT2D eigenvalue weighted by Gasteiger charge is 2.52. The first-order valence-corrected chi connectivity index (χ1v) is 16.7. The van der Waals surface area contributed by atoms with Gasteiger partial charge in [-0.1, -0.05) is 51.8 Å². The standard InChI is InChI=1S/C31H45N4O8P/c1-5-11-24(12-6-2)20-40-29(37)23(4)34-44(39,43-26-14-9-8-10-15-26)42-22-31(21-41-28(36)13-7-3)18-25(31)19-35-17-16-27(32)33-30(35)38/h8-10,14-17,19,23-24H,5-7,11-13,18,20-22H2,1-4H3,(H,34,39)(H2,32,33,38)/b25-19-/t23?,31?,44-/m0/s1. The second-order valence-corrected chi connectivity index (χ2v) is 12.9. The van der Waals surface area contributed by atoms with E-state index in [9.17, 15) is 18.9 Å². The molecule has 1 aromatic carbocycles. The predicted molar refractivity (Wildman–Crippen MR) is 168 cm³/mol. The Kier molecular flexibility index (Phi) is 13.2. The Morgan fingerprint density at radius 2 is 1.80 bits per heavy atom. The van der Waals surface area contributed by atoms with Gasteiger partial charge in [0.2, 0.25) is 0 Å². The maximum atomic E-state index is 14.1. The summed E-state index contributed by atoms with van der Waals surface area (Å²) in [6.07, 6.45) is 8.17. The van der Waals surface area contributed by atoms with Crippen LogP contribution in [-0.4, -0.2) is 47.4 Å². The summed E-state index contributed by atoms with van der Waals surface area (Å²) >= 11 is 0. The molecule has 3 rings (SSSR count). The molecule has 1 saturated carbocycles. The predicted octanol–water partition coefficient (Wildman–Crippen LogP) is 5.34. The van der Waals surface area contributed by atoms with E-state index >= 15 is 0 Å². The molecule has 0 aliphatic heterocycles. The van der Waals surface area contributed by atoms with E-state index in [1.807, 2.05) is 6.92 Å².